The summed E-state index contributed by atoms with van der Waals surface area (Å²) in [5.41, 5.74) is 2.01. The first-order valence-corrected chi connectivity index (χ1v) is 9.27. The maximum Gasteiger partial charge on any atom is 0.262 e. The Balaban J connectivity index is 1.60. The number of amides is 3. The molecule has 7 nitrogen and oxygen atoms in total. The summed E-state index contributed by atoms with van der Waals surface area (Å²) in [5, 5.41) is 8.01. The second-order valence-corrected chi connectivity index (χ2v) is 6.31. The van der Waals surface area contributed by atoms with Crippen LogP contribution in [0.3, 0.4) is 0 Å². The summed E-state index contributed by atoms with van der Waals surface area (Å²) in [6.07, 6.45) is 0. The van der Waals surface area contributed by atoms with E-state index in [1.807, 2.05) is 18.2 Å². The molecule has 0 aromatic heterocycles. The van der Waals surface area contributed by atoms with E-state index < -0.39 is 0 Å². The molecule has 3 amide bonds. The standard InChI is InChI=1S/C23H21N3O4/c1-24-22(28)16-11-13-18(14-12-16)25-21(27)15-30-20-10-6-5-9-19(20)23(29)26-17-7-3-2-4-8-17/h2-14H,15H2,1H3,(H,24,28)(H,25,27)(H,26,29). The van der Waals surface area contributed by atoms with Crippen LogP contribution in [0.1, 0.15) is 20.7 Å². The first-order chi connectivity index (χ1) is 14.6. The third-order valence-electron chi connectivity index (χ3n) is 4.18. The molecule has 0 saturated carbocycles. The van der Waals surface area contributed by atoms with Crippen LogP contribution in [0.15, 0.2) is 78.9 Å². The van der Waals surface area contributed by atoms with Gasteiger partial charge in [-0.1, -0.05) is 30.3 Å². The molecule has 0 spiro atoms. The Bertz CT molecular complexity index is 1030. The number of ether oxygens (including phenoxy) is 1. The molecule has 3 aromatic carbocycles. The highest BCUT2D eigenvalue weighted by Gasteiger charge is 2.14. The Labute approximate surface area is 174 Å². The lowest BCUT2D eigenvalue weighted by atomic mass is 10.2. The average molecular weight is 403 g/mol. The monoisotopic (exact) mass is 403 g/mol. The van der Waals surface area contributed by atoms with Crippen molar-refractivity contribution in [1.82, 2.24) is 5.32 Å². The van der Waals surface area contributed by atoms with Crippen LogP contribution in [0.25, 0.3) is 0 Å². The van der Waals surface area contributed by atoms with Gasteiger partial charge in [0.1, 0.15) is 5.75 Å². The molecule has 0 heterocycles. The molecule has 0 aliphatic rings. The first-order valence-electron chi connectivity index (χ1n) is 9.27. The van der Waals surface area contributed by atoms with Gasteiger partial charge in [0.05, 0.1) is 5.56 Å². The number of nitrogens with one attached hydrogen (secondary N) is 3. The molecule has 0 radical (unpaired) electrons. The maximum absolute atomic E-state index is 12.6. The molecule has 0 aliphatic carbocycles. The summed E-state index contributed by atoms with van der Waals surface area (Å²) in [4.78, 5) is 36.3. The Morgan fingerprint density at radius 3 is 2.07 bits per heavy atom. The van der Waals surface area contributed by atoms with Crippen molar-refractivity contribution in [1.29, 1.82) is 0 Å². The maximum atomic E-state index is 12.6. The van der Waals surface area contributed by atoms with E-state index in [1.165, 1.54) is 0 Å². The van der Waals surface area contributed by atoms with E-state index >= 15 is 0 Å². The zero-order chi connectivity index (χ0) is 21.3. The number of anilines is 2. The van der Waals surface area contributed by atoms with Gasteiger partial charge in [0, 0.05) is 24.0 Å². The van der Waals surface area contributed by atoms with E-state index in [0.717, 1.165) is 0 Å². The molecule has 3 N–H and O–H groups in total. The number of para-hydroxylation sites is 2. The number of rotatable bonds is 7. The summed E-state index contributed by atoms with van der Waals surface area (Å²) < 4.78 is 5.57. The zero-order valence-electron chi connectivity index (χ0n) is 16.3. The van der Waals surface area contributed by atoms with Crippen LogP contribution in [0, 0.1) is 0 Å². The van der Waals surface area contributed by atoms with Gasteiger partial charge < -0.3 is 20.7 Å². The van der Waals surface area contributed by atoms with Crippen LogP contribution in [-0.2, 0) is 4.79 Å². The lowest BCUT2D eigenvalue weighted by Gasteiger charge is -2.12. The molecule has 0 fully saturated rings. The van der Waals surface area contributed by atoms with Crippen molar-refractivity contribution >= 4 is 29.1 Å². The van der Waals surface area contributed by atoms with Crippen LogP contribution in [-0.4, -0.2) is 31.4 Å². The van der Waals surface area contributed by atoms with Crippen molar-refractivity contribution in [2.75, 3.05) is 24.3 Å². The SMILES string of the molecule is CNC(=O)c1ccc(NC(=O)COc2ccccc2C(=O)Nc2ccccc2)cc1. The molecule has 152 valence electrons. The van der Waals surface area contributed by atoms with E-state index in [9.17, 15) is 14.4 Å². The Kier molecular flexibility index (Phi) is 6.78. The lowest BCUT2D eigenvalue weighted by molar-refractivity contribution is -0.118. The fraction of sp³-hybridized carbons (Fsp3) is 0.0870. The predicted molar refractivity (Wildman–Crippen MR) is 115 cm³/mol. The highest BCUT2D eigenvalue weighted by atomic mass is 16.5. The molecule has 7 heteroatoms. The quantitative estimate of drug-likeness (QED) is 0.564. The number of hydrogen-bond acceptors (Lipinski definition) is 4. The zero-order valence-corrected chi connectivity index (χ0v) is 16.3. The Morgan fingerprint density at radius 2 is 1.37 bits per heavy atom. The van der Waals surface area contributed by atoms with Gasteiger partial charge in [-0.2, -0.15) is 0 Å². The number of carbonyl (C=O) groups is 3. The molecule has 0 atom stereocenters. The van der Waals surface area contributed by atoms with Gasteiger partial charge in [-0.05, 0) is 48.5 Å². The molecule has 0 unspecified atom stereocenters. The van der Waals surface area contributed by atoms with Crippen molar-refractivity contribution in [2.45, 2.75) is 0 Å². The minimum absolute atomic E-state index is 0.207. The molecule has 0 bridgehead atoms. The molecule has 0 aliphatic heterocycles. The third kappa shape index (κ3) is 5.45. The van der Waals surface area contributed by atoms with Gasteiger partial charge in [0.2, 0.25) is 0 Å². The largest absolute Gasteiger partial charge is 0.483 e. The summed E-state index contributed by atoms with van der Waals surface area (Å²) in [7, 11) is 1.55. The second kappa shape index (κ2) is 9.88. The second-order valence-electron chi connectivity index (χ2n) is 6.31. The summed E-state index contributed by atoms with van der Waals surface area (Å²) in [6.45, 7) is -0.271. The molecule has 3 aromatic rings. The van der Waals surface area contributed by atoms with Crippen LogP contribution >= 0.6 is 0 Å². The van der Waals surface area contributed by atoms with Crippen LogP contribution in [0.2, 0.25) is 0 Å². The normalized spacial score (nSPS) is 10.0. The summed E-state index contributed by atoms with van der Waals surface area (Å²) in [6, 6.07) is 22.3. The fourth-order valence-corrected chi connectivity index (χ4v) is 2.69. The molecule has 30 heavy (non-hydrogen) atoms. The van der Waals surface area contributed by atoms with Gasteiger partial charge in [-0.25, -0.2) is 0 Å². The fourth-order valence-electron chi connectivity index (χ4n) is 2.69. The number of carbonyl (C=O) groups excluding carboxylic acids is 3. The van der Waals surface area contributed by atoms with E-state index in [2.05, 4.69) is 16.0 Å². The van der Waals surface area contributed by atoms with E-state index in [4.69, 9.17) is 4.74 Å². The molecular weight excluding hydrogens is 382 g/mol. The molecule has 3 rings (SSSR count). The summed E-state index contributed by atoms with van der Waals surface area (Å²) >= 11 is 0. The summed E-state index contributed by atoms with van der Waals surface area (Å²) in [5.74, 6) is -0.624. The third-order valence-corrected chi connectivity index (χ3v) is 4.18. The number of hydrogen-bond donors (Lipinski definition) is 3. The van der Waals surface area contributed by atoms with Crippen molar-refractivity contribution in [3.63, 3.8) is 0 Å². The Morgan fingerprint density at radius 1 is 0.733 bits per heavy atom. The van der Waals surface area contributed by atoms with E-state index in [-0.39, 0.29) is 24.3 Å². The van der Waals surface area contributed by atoms with Crippen molar-refractivity contribution < 1.29 is 19.1 Å². The van der Waals surface area contributed by atoms with E-state index in [0.29, 0.717) is 28.3 Å². The average Bonchev–Trinajstić information content (AvgIpc) is 2.78. The molecule has 0 saturated heterocycles. The minimum atomic E-state index is -0.388. The minimum Gasteiger partial charge on any atom is -0.483 e. The first kappa shape index (κ1) is 20.6. The van der Waals surface area contributed by atoms with Crippen LogP contribution in [0.4, 0.5) is 11.4 Å². The van der Waals surface area contributed by atoms with Crippen LogP contribution in [0.5, 0.6) is 5.75 Å². The Hall–Kier alpha value is -4.13. The van der Waals surface area contributed by atoms with Crippen LogP contribution < -0.4 is 20.7 Å². The predicted octanol–water partition coefficient (Wildman–Crippen LogP) is 3.32. The van der Waals surface area contributed by atoms with E-state index in [1.54, 1.807) is 67.7 Å². The van der Waals surface area contributed by atoms with Gasteiger partial charge >= 0.3 is 0 Å². The van der Waals surface area contributed by atoms with Crippen molar-refractivity contribution in [2.24, 2.45) is 0 Å². The molecular formula is C23H21N3O4. The van der Waals surface area contributed by atoms with Crippen molar-refractivity contribution in [3.8, 4) is 5.75 Å². The van der Waals surface area contributed by atoms with Gasteiger partial charge in [-0.15, -0.1) is 0 Å². The smallest absolute Gasteiger partial charge is 0.262 e. The highest BCUT2D eigenvalue weighted by molar-refractivity contribution is 6.06. The lowest BCUT2D eigenvalue weighted by Crippen LogP contribution is -2.22. The number of benzene rings is 3. The topological polar surface area (TPSA) is 96.5 Å². The highest BCUT2D eigenvalue weighted by Crippen LogP contribution is 2.20. The van der Waals surface area contributed by atoms with Gasteiger partial charge in [0.15, 0.2) is 6.61 Å². The van der Waals surface area contributed by atoms with Gasteiger partial charge in [0.25, 0.3) is 17.7 Å². The van der Waals surface area contributed by atoms with Gasteiger partial charge in [-0.3, -0.25) is 14.4 Å². The van der Waals surface area contributed by atoms with Crippen molar-refractivity contribution in [3.05, 3.63) is 90.0 Å².